The second-order valence-electron chi connectivity index (χ2n) is 4.52. The van der Waals surface area contributed by atoms with Gasteiger partial charge in [-0.15, -0.1) is 11.3 Å². The number of carbonyl (C=O) groups is 1. The van der Waals surface area contributed by atoms with Crippen molar-refractivity contribution in [3.63, 3.8) is 0 Å². The average molecular weight is 312 g/mol. The molecule has 0 radical (unpaired) electrons. The number of nitrogens with one attached hydrogen (secondary N) is 1. The fourth-order valence-corrected chi connectivity index (χ4v) is 2.46. The highest BCUT2D eigenvalue weighted by Crippen LogP contribution is 2.22. The van der Waals surface area contributed by atoms with Crippen LogP contribution < -0.4 is 10.1 Å². The van der Waals surface area contributed by atoms with E-state index in [0.717, 1.165) is 17.7 Å². The zero-order valence-electron chi connectivity index (χ0n) is 12.2. The quantitative estimate of drug-likeness (QED) is 0.818. The van der Waals surface area contributed by atoms with Crippen LogP contribution in [0.15, 0.2) is 41.8 Å². The molecule has 5 heteroatoms. The standard InChI is InChI=1S/C17H16N2O2S/c1-2-10-21-15-6-3-13(4-7-15)5-8-16(20)19-17-14(12-18)9-11-22-17/h3-9,11H,2,10H2,1H3,(H,19,20)/b8-5+. The Bertz CT molecular complexity index is 696. The highest BCUT2D eigenvalue weighted by molar-refractivity contribution is 7.14. The topological polar surface area (TPSA) is 62.1 Å². The number of benzene rings is 1. The Hall–Kier alpha value is -2.58. The molecule has 0 unspecified atom stereocenters. The molecule has 1 aromatic carbocycles. The zero-order valence-corrected chi connectivity index (χ0v) is 13.0. The van der Waals surface area contributed by atoms with Gasteiger partial charge in [0, 0.05) is 6.08 Å². The Morgan fingerprint density at radius 2 is 2.14 bits per heavy atom. The van der Waals surface area contributed by atoms with E-state index >= 15 is 0 Å². The van der Waals surface area contributed by atoms with Crippen molar-refractivity contribution in [1.82, 2.24) is 0 Å². The number of hydrogen-bond acceptors (Lipinski definition) is 4. The summed E-state index contributed by atoms with van der Waals surface area (Å²) in [6.07, 6.45) is 4.14. The molecule has 1 N–H and O–H groups in total. The Kier molecular flexibility index (Phi) is 5.75. The smallest absolute Gasteiger partial charge is 0.249 e. The third kappa shape index (κ3) is 4.47. The molecule has 0 fully saturated rings. The Morgan fingerprint density at radius 3 is 2.82 bits per heavy atom. The van der Waals surface area contributed by atoms with Crippen molar-refractivity contribution >= 4 is 28.3 Å². The zero-order chi connectivity index (χ0) is 15.8. The van der Waals surface area contributed by atoms with Crippen molar-refractivity contribution in [2.75, 3.05) is 11.9 Å². The molecule has 0 aliphatic rings. The fraction of sp³-hybridized carbons (Fsp3) is 0.176. The van der Waals surface area contributed by atoms with Crippen LogP contribution in [0.5, 0.6) is 5.75 Å². The first kappa shape index (κ1) is 15.8. The number of rotatable bonds is 6. The highest BCUT2D eigenvalue weighted by atomic mass is 32.1. The molecule has 0 saturated heterocycles. The summed E-state index contributed by atoms with van der Waals surface area (Å²) in [5.41, 5.74) is 1.38. The van der Waals surface area contributed by atoms with Gasteiger partial charge in [-0.25, -0.2) is 0 Å². The van der Waals surface area contributed by atoms with Gasteiger partial charge in [0.15, 0.2) is 0 Å². The minimum atomic E-state index is -0.259. The van der Waals surface area contributed by atoms with E-state index < -0.39 is 0 Å². The minimum Gasteiger partial charge on any atom is -0.494 e. The van der Waals surface area contributed by atoms with Gasteiger partial charge >= 0.3 is 0 Å². The Morgan fingerprint density at radius 1 is 1.36 bits per heavy atom. The molecule has 0 spiro atoms. The first-order valence-electron chi connectivity index (χ1n) is 6.92. The lowest BCUT2D eigenvalue weighted by atomic mass is 10.2. The van der Waals surface area contributed by atoms with Gasteiger partial charge in [0.05, 0.1) is 12.2 Å². The third-order valence-corrected chi connectivity index (χ3v) is 3.63. The first-order chi connectivity index (χ1) is 10.7. The van der Waals surface area contributed by atoms with Gasteiger partial charge in [-0.05, 0) is 41.6 Å². The van der Waals surface area contributed by atoms with Crippen LogP contribution in [0.3, 0.4) is 0 Å². The Labute approximate surface area is 133 Å². The lowest BCUT2D eigenvalue weighted by molar-refractivity contribution is -0.111. The van der Waals surface area contributed by atoms with Crippen LogP contribution in [-0.4, -0.2) is 12.5 Å². The second-order valence-corrected chi connectivity index (χ2v) is 5.43. The summed E-state index contributed by atoms with van der Waals surface area (Å²) in [7, 11) is 0. The summed E-state index contributed by atoms with van der Waals surface area (Å²) < 4.78 is 5.50. The number of anilines is 1. The predicted octanol–water partition coefficient (Wildman–Crippen LogP) is 4.06. The minimum absolute atomic E-state index is 0.259. The van der Waals surface area contributed by atoms with Crippen LogP contribution >= 0.6 is 11.3 Å². The molecular weight excluding hydrogens is 296 g/mol. The van der Waals surface area contributed by atoms with Crippen molar-refractivity contribution in [3.05, 3.63) is 52.9 Å². The van der Waals surface area contributed by atoms with Gasteiger partial charge in [0.25, 0.3) is 0 Å². The van der Waals surface area contributed by atoms with Crippen molar-refractivity contribution in [1.29, 1.82) is 5.26 Å². The summed E-state index contributed by atoms with van der Waals surface area (Å²) in [6.45, 7) is 2.75. The molecule has 2 aromatic rings. The lowest BCUT2D eigenvalue weighted by Gasteiger charge is -2.04. The molecule has 1 heterocycles. The van der Waals surface area contributed by atoms with Crippen molar-refractivity contribution in [2.24, 2.45) is 0 Å². The first-order valence-corrected chi connectivity index (χ1v) is 7.80. The van der Waals surface area contributed by atoms with Crippen LogP contribution in [0.4, 0.5) is 5.00 Å². The third-order valence-electron chi connectivity index (χ3n) is 2.80. The summed E-state index contributed by atoms with van der Waals surface area (Å²) in [6, 6.07) is 11.2. The number of nitriles is 1. The van der Waals surface area contributed by atoms with Gasteiger partial charge in [-0.3, -0.25) is 4.79 Å². The van der Waals surface area contributed by atoms with Gasteiger partial charge in [0.1, 0.15) is 16.8 Å². The molecule has 2 rings (SSSR count). The van der Waals surface area contributed by atoms with Crippen LogP contribution in [0.25, 0.3) is 6.08 Å². The maximum atomic E-state index is 11.8. The normalized spacial score (nSPS) is 10.4. The van der Waals surface area contributed by atoms with Gasteiger partial charge < -0.3 is 10.1 Å². The maximum Gasteiger partial charge on any atom is 0.249 e. The van der Waals surface area contributed by atoms with Crippen LogP contribution in [-0.2, 0) is 4.79 Å². The van der Waals surface area contributed by atoms with Gasteiger partial charge in [-0.1, -0.05) is 19.1 Å². The van der Waals surface area contributed by atoms with E-state index in [1.54, 1.807) is 17.5 Å². The van der Waals surface area contributed by atoms with E-state index in [4.69, 9.17) is 10.00 Å². The van der Waals surface area contributed by atoms with E-state index in [9.17, 15) is 4.79 Å². The number of hydrogen-bond donors (Lipinski definition) is 1. The van der Waals surface area contributed by atoms with E-state index in [1.807, 2.05) is 30.3 Å². The van der Waals surface area contributed by atoms with E-state index in [0.29, 0.717) is 17.2 Å². The number of amides is 1. The van der Waals surface area contributed by atoms with Gasteiger partial charge in [0.2, 0.25) is 5.91 Å². The lowest BCUT2D eigenvalue weighted by Crippen LogP contribution is -2.07. The molecule has 1 aromatic heterocycles. The number of nitrogens with zero attached hydrogens (tertiary/aromatic N) is 1. The van der Waals surface area contributed by atoms with Crippen LogP contribution in [0.1, 0.15) is 24.5 Å². The largest absolute Gasteiger partial charge is 0.494 e. The van der Waals surface area contributed by atoms with Crippen molar-refractivity contribution < 1.29 is 9.53 Å². The highest BCUT2D eigenvalue weighted by Gasteiger charge is 2.05. The molecular formula is C17H16N2O2S. The fourth-order valence-electron chi connectivity index (χ4n) is 1.71. The van der Waals surface area contributed by atoms with Crippen molar-refractivity contribution in [2.45, 2.75) is 13.3 Å². The van der Waals surface area contributed by atoms with Gasteiger partial charge in [-0.2, -0.15) is 5.26 Å². The van der Waals surface area contributed by atoms with E-state index in [1.165, 1.54) is 17.4 Å². The van der Waals surface area contributed by atoms with E-state index in [-0.39, 0.29) is 5.91 Å². The molecule has 22 heavy (non-hydrogen) atoms. The van der Waals surface area contributed by atoms with Crippen LogP contribution in [0.2, 0.25) is 0 Å². The molecule has 0 aliphatic heterocycles. The molecule has 112 valence electrons. The van der Waals surface area contributed by atoms with E-state index in [2.05, 4.69) is 12.2 Å². The van der Waals surface area contributed by atoms with Crippen LogP contribution in [0, 0.1) is 11.3 Å². The summed E-state index contributed by atoms with van der Waals surface area (Å²) >= 11 is 1.33. The molecule has 0 bridgehead atoms. The molecule has 0 saturated carbocycles. The molecule has 1 amide bonds. The summed E-state index contributed by atoms with van der Waals surface area (Å²) in [5.74, 6) is 0.561. The Balaban J connectivity index is 1.93. The van der Waals surface area contributed by atoms with Crippen molar-refractivity contribution in [3.8, 4) is 11.8 Å². The number of thiophene rings is 1. The summed E-state index contributed by atoms with van der Waals surface area (Å²) in [5, 5.41) is 13.9. The SMILES string of the molecule is CCCOc1ccc(/C=C/C(=O)Nc2sccc2C#N)cc1. The predicted molar refractivity (Wildman–Crippen MR) is 88.9 cm³/mol. The summed E-state index contributed by atoms with van der Waals surface area (Å²) in [4.78, 5) is 11.8. The average Bonchev–Trinajstić information content (AvgIpc) is 2.99. The number of ether oxygens (including phenoxy) is 1. The monoisotopic (exact) mass is 312 g/mol. The second kappa shape index (κ2) is 8.01. The number of carbonyl (C=O) groups excluding carboxylic acids is 1. The molecule has 0 aliphatic carbocycles. The maximum absolute atomic E-state index is 11.8. The molecule has 0 atom stereocenters. The molecule has 4 nitrogen and oxygen atoms in total.